The van der Waals surface area contributed by atoms with Crippen LogP contribution in [0.1, 0.15) is 40.0 Å². The Balaban J connectivity index is 2.08. The summed E-state index contributed by atoms with van der Waals surface area (Å²) in [6, 6.07) is -0.994. The zero-order chi connectivity index (χ0) is 17.9. The number of piperazine rings is 1. The summed E-state index contributed by atoms with van der Waals surface area (Å²) < 4.78 is 0. The Morgan fingerprint density at radius 3 is 2.67 bits per heavy atom. The van der Waals surface area contributed by atoms with Crippen LogP contribution in [-0.4, -0.2) is 47.4 Å². The molecule has 3 amide bonds. The first-order chi connectivity index (χ1) is 11.3. The third kappa shape index (κ3) is 3.81. The lowest BCUT2D eigenvalue weighted by Crippen LogP contribution is -2.57. The van der Waals surface area contributed by atoms with Gasteiger partial charge in [0, 0.05) is 19.2 Å². The van der Waals surface area contributed by atoms with Crippen molar-refractivity contribution in [3.63, 3.8) is 0 Å². The molecule has 0 aromatic carbocycles. The van der Waals surface area contributed by atoms with E-state index in [2.05, 4.69) is 26.7 Å². The minimum absolute atomic E-state index is 0.0685. The molecule has 0 radical (unpaired) electrons. The number of amides is 3. The molecule has 0 aromatic heterocycles. The summed E-state index contributed by atoms with van der Waals surface area (Å²) >= 11 is 0. The van der Waals surface area contributed by atoms with E-state index in [1.807, 2.05) is 6.08 Å². The van der Waals surface area contributed by atoms with Crippen molar-refractivity contribution in [2.24, 2.45) is 11.1 Å². The summed E-state index contributed by atoms with van der Waals surface area (Å²) in [5, 5.41) is 0. The summed E-state index contributed by atoms with van der Waals surface area (Å²) in [6.45, 7) is 7.73. The number of hydrogen-bond acceptors (Lipinski definition) is 2. The van der Waals surface area contributed by atoms with Crippen molar-refractivity contribution in [1.29, 1.82) is 0 Å². The van der Waals surface area contributed by atoms with Gasteiger partial charge in [0.15, 0.2) is 0 Å². The molecule has 1 aliphatic carbocycles. The van der Waals surface area contributed by atoms with Crippen LogP contribution in [0.5, 0.6) is 0 Å². The Kier molecular flexibility index (Phi) is 5.38. The number of carbonyl (C=O) groups excluding carboxylic acids is 2. The minimum Gasteiger partial charge on any atom is -0.351 e. The van der Waals surface area contributed by atoms with Gasteiger partial charge in [-0.2, -0.15) is 0 Å². The Hall–Kier alpha value is -2.22. The predicted octanol–water partition coefficient (Wildman–Crippen LogP) is 2.29. The number of rotatable bonds is 2. The van der Waals surface area contributed by atoms with Gasteiger partial charge >= 0.3 is 6.03 Å². The zero-order valence-corrected chi connectivity index (χ0v) is 14.8. The molecule has 0 bridgehead atoms. The Labute approximate surface area is 144 Å². The van der Waals surface area contributed by atoms with E-state index in [9.17, 15) is 9.59 Å². The summed E-state index contributed by atoms with van der Waals surface area (Å²) in [4.78, 5) is 27.0. The maximum Gasteiger partial charge on any atom is 0.315 e. The molecule has 2 rings (SSSR count). The smallest absolute Gasteiger partial charge is 0.315 e. The van der Waals surface area contributed by atoms with Gasteiger partial charge in [0.05, 0.1) is 6.54 Å². The van der Waals surface area contributed by atoms with E-state index in [0.29, 0.717) is 19.6 Å². The zero-order valence-electron chi connectivity index (χ0n) is 14.8. The molecule has 2 N–H and O–H groups in total. The molecule has 0 saturated carbocycles. The van der Waals surface area contributed by atoms with Crippen molar-refractivity contribution in [3.05, 3.63) is 23.3 Å². The average molecular weight is 329 g/mol. The number of hydrogen-bond donors (Lipinski definition) is 1. The minimum atomic E-state index is -0.537. The van der Waals surface area contributed by atoms with Gasteiger partial charge in [-0.15, -0.1) is 6.42 Å². The molecule has 1 aliphatic heterocycles. The maximum atomic E-state index is 12.5. The van der Waals surface area contributed by atoms with Crippen molar-refractivity contribution in [2.75, 3.05) is 19.6 Å². The molecule has 1 fully saturated rings. The fourth-order valence-electron chi connectivity index (χ4n) is 3.66. The van der Waals surface area contributed by atoms with E-state index in [-0.39, 0.29) is 11.3 Å². The number of carbonyl (C=O) groups is 2. The molecule has 1 atom stereocenters. The standard InChI is InChI=1S/C19H27N3O2/c1-5-15-13-21(11-12-22(15)18(20)24)17(23)9-8-16-14(2)7-6-10-19(16,3)4/h1,8-9,15H,6-7,10-13H2,2-4H3,(H2,20,24). The SMILES string of the molecule is C#CC1CN(C(=O)C=CC2=C(C)CCCC2(C)C)CCN1C(N)=O. The van der Waals surface area contributed by atoms with Crippen LogP contribution in [0, 0.1) is 17.8 Å². The highest BCUT2D eigenvalue weighted by Gasteiger charge is 2.30. The van der Waals surface area contributed by atoms with E-state index < -0.39 is 12.1 Å². The molecule has 0 aromatic rings. The highest BCUT2D eigenvalue weighted by molar-refractivity contribution is 5.88. The summed E-state index contributed by atoms with van der Waals surface area (Å²) in [5.41, 5.74) is 8.04. The summed E-state index contributed by atoms with van der Waals surface area (Å²) in [7, 11) is 0. The normalized spacial score (nSPS) is 24.2. The molecular formula is C19H27N3O2. The second kappa shape index (κ2) is 7.12. The first kappa shape index (κ1) is 18.1. The van der Waals surface area contributed by atoms with Gasteiger partial charge < -0.3 is 15.5 Å². The van der Waals surface area contributed by atoms with Gasteiger partial charge in [-0.3, -0.25) is 4.79 Å². The molecule has 5 heteroatoms. The Morgan fingerprint density at radius 2 is 2.08 bits per heavy atom. The fraction of sp³-hybridized carbons (Fsp3) is 0.579. The summed E-state index contributed by atoms with van der Waals surface area (Å²) in [6.07, 6.45) is 12.5. The van der Waals surface area contributed by atoms with E-state index in [1.165, 1.54) is 22.5 Å². The average Bonchev–Trinajstić information content (AvgIpc) is 2.52. The summed E-state index contributed by atoms with van der Waals surface area (Å²) in [5.74, 6) is 2.48. The number of nitrogens with two attached hydrogens (primary N) is 1. The predicted molar refractivity (Wildman–Crippen MR) is 95.0 cm³/mol. The topological polar surface area (TPSA) is 66.6 Å². The lowest BCUT2D eigenvalue weighted by Gasteiger charge is -2.38. The van der Waals surface area contributed by atoms with Crippen LogP contribution in [-0.2, 0) is 4.79 Å². The van der Waals surface area contributed by atoms with Crippen molar-refractivity contribution >= 4 is 11.9 Å². The van der Waals surface area contributed by atoms with Gasteiger partial charge in [0.2, 0.25) is 5.91 Å². The van der Waals surface area contributed by atoms with Crippen LogP contribution in [0.3, 0.4) is 0 Å². The second-order valence-electron chi connectivity index (χ2n) is 7.26. The van der Waals surface area contributed by atoms with E-state index in [4.69, 9.17) is 12.2 Å². The van der Waals surface area contributed by atoms with Crippen LogP contribution in [0.25, 0.3) is 0 Å². The molecule has 1 unspecified atom stereocenters. The van der Waals surface area contributed by atoms with Gasteiger partial charge in [-0.05, 0) is 37.2 Å². The molecule has 24 heavy (non-hydrogen) atoms. The lowest BCUT2D eigenvalue weighted by atomic mass is 9.72. The van der Waals surface area contributed by atoms with Gasteiger partial charge in [0.1, 0.15) is 6.04 Å². The van der Waals surface area contributed by atoms with Crippen molar-refractivity contribution in [1.82, 2.24) is 9.80 Å². The number of urea groups is 1. The van der Waals surface area contributed by atoms with Crippen LogP contribution in [0.4, 0.5) is 4.79 Å². The van der Waals surface area contributed by atoms with E-state index in [1.54, 1.807) is 11.0 Å². The second-order valence-corrected chi connectivity index (χ2v) is 7.26. The number of primary amides is 1. The highest BCUT2D eigenvalue weighted by atomic mass is 16.2. The third-order valence-corrected chi connectivity index (χ3v) is 5.10. The Bertz CT molecular complexity index is 625. The van der Waals surface area contributed by atoms with Gasteiger partial charge in [-0.25, -0.2) is 4.79 Å². The van der Waals surface area contributed by atoms with Crippen LogP contribution >= 0.6 is 0 Å². The monoisotopic (exact) mass is 329 g/mol. The van der Waals surface area contributed by atoms with E-state index in [0.717, 1.165) is 12.8 Å². The first-order valence-electron chi connectivity index (χ1n) is 8.45. The van der Waals surface area contributed by atoms with Crippen LogP contribution in [0.15, 0.2) is 23.3 Å². The van der Waals surface area contributed by atoms with Crippen molar-refractivity contribution < 1.29 is 9.59 Å². The molecular weight excluding hydrogens is 302 g/mol. The van der Waals surface area contributed by atoms with Gasteiger partial charge in [-0.1, -0.05) is 31.4 Å². The number of nitrogens with zero attached hydrogens (tertiary/aromatic N) is 2. The molecule has 0 spiro atoms. The number of allylic oxidation sites excluding steroid dienone is 3. The van der Waals surface area contributed by atoms with Crippen LogP contribution < -0.4 is 5.73 Å². The van der Waals surface area contributed by atoms with Crippen molar-refractivity contribution in [3.8, 4) is 12.3 Å². The van der Waals surface area contributed by atoms with Crippen LogP contribution in [0.2, 0.25) is 0 Å². The Morgan fingerprint density at radius 1 is 1.38 bits per heavy atom. The molecule has 2 aliphatic rings. The quantitative estimate of drug-likeness (QED) is 0.624. The molecule has 1 saturated heterocycles. The lowest BCUT2D eigenvalue weighted by molar-refractivity contribution is -0.127. The van der Waals surface area contributed by atoms with E-state index >= 15 is 0 Å². The largest absolute Gasteiger partial charge is 0.351 e. The number of terminal acetylenes is 1. The highest BCUT2D eigenvalue weighted by Crippen LogP contribution is 2.40. The first-order valence-corrected chi connectivity index (χ1v) is 8.45. The maximum absolute atomic E-state index is 12.5. The molecule has 1 heterocycles. The molecule has 130 valence electrons. The van der Waals surface area contributed by atoms with Crippen molar-refractivity contribution in [2.45, 2.75) is 46.1 Å². The molecule has 5 nitrogen and oxygen atoms in total. The fourth-order valence-corrected chi connectivity index (χ4v) is 3.66. The van der Waals surface area contributed by atoms with Gasteiger partial charge in [0.25, 0.3) is 0 Å². The third-order valence-electron chi connectivity index (χ3n) is 5.10.